The lowest BCUT2D eigenvalue weighted by Crippen LogP contribution is -2.39. The summed E-state index contributed by atoms with van der Waals surface area (Å²) < 4.78 is 0. The molecule has 0 aliphatic heterocycles. The van der Waals surface area contributed by atoms with Crippen molar-refractivity contribution in [3.05, 3.63) is 6.33 Å². The number of nitrogens with zero attached hydrogens (tertiary/aromatic N) is 2. The highest BCUT2D eigenvalue weighted by molar-refractivity contribution is 7.99. The Balaban J connectivity index is 2.71. The number of thioether (sulfide) groups is 1. The molecule has 14 heavy (non-hydrogen) atoms. The number of aromatic nitrogens is 3. The molecule has 0 aliphatic rings. The van der Waals surface area contributed by atoms with Gasteiger partial charge in [0.25, 0.3) is 0 Å². The predicted molar refractivity (Wildman–Crippen MR) is 59.1 cm³/mol. The van der Waals surface area contributed by atoms with Gasteiger partial charge in [0.05, 0.1) is 0 Å². The number of hydrogen-bond acceptors (Lipinski definition) is 4. The standard InChI is InChI=1S/C9H18N4S/c1-6(10)7(9(2,3)4)14-8-11-5-12-13-8/h5-7H,10H2,1-4H3,(H,11,12,13). The number of aromatic amines is 1. The molecule has 0 aromatic carbocycles. The summed E-state index contributed by atoms with van der Waals surface area (Å²) in [5.41, 5.74) is 6.11. The number of hydrogen-bond donors (Lipinski definition) is 2. The molecule has 2 atom stereocenters. The first-order chi connectivity index (χ1) is 6.41. The smallest absolute Gasteiger partial charge is 0.183 e. The Morgan fingerprint density at radius 1 is 1.50 bits per heavy atom. The summed E-state index contributed by atoms with van der Waals surface area (Å²) in [4.78, 5) is 4.09. The number of H-pyrrole nitrogens is 1. The zero-order valence-corrected chi connectivity index (χ0v) is 9.93. The summed E-state index contributed by atoms with van der Waals surface area (Å²) in [7, 11) is 0. The molecular weight excluding hydrogens is 196 g/mol. The SMILES string of the molecule is CC(N)C(Sc1ncn[nH]1)C(C)(C)C. The van der Waals surface area contributed by atoms with Crippen LogP contribution in [0.3, 0.4) is 0 Å². The Labute approximate surface area is 89.1 Å². The number of rotatable bonds is 3. The van der Waals surface area contributed by atoms with Crippen LogP contribution in [0.1, 0.15) is 27.7 Å². The topological polar surface area (TPSA) is 67.6 Å². The highest BCUT2D eigenvalue weighted by Gasteiger charge is 2.29. The van der Waals surface area contributed by atoms with E-state index in [1.165, 1.54) is 6.33 Å². The van der Waals surface area contributed by atoms with Crippen LogP contribution in [0, 0.1) is 5.41 Å². The molecule has 1 aromatic rings. The monoisotopic (exact) mass is 214 g/mol. The molecule has 0 aliphatic carbocycles. The van der Waals surface area contributed by atoms with Crippen molar-refractivity contribution in [1.82, 2.24) is 15.2 Å². The van der Waals surface area contributed by atoms with Crippen LogP contribution < -0.4 is 5.73 Å². The van der Waals surface area contributed by atoms with Gasteiger partial charge in [0.15, 0.2) is 5.16 Å². The summed E-state index contributed by atoms with van der Waals surface area (Å²) in [5, 5.41) is 7.82. The minimum Gasteiger partial charge on any atom is -0.327 e. The molecule has 5 heteroatoms. The third kappa shape index (κ3) is 2.99. The molecule has 0 spiro atoms. The molecule has 1 heterocycles. The van der Waals surface area contributed by atoms with Gasteiger partial charge in [0.1, 0.15) is 6.33 Å². The Morgan fingerprint density at radius 2 is 2.14 bits per heavy atom. The first kappa shape index (κ1) is 11.5. The molecule has 80 valence electrons. The third-order valence-corrected chi connectivity index (χ3v) is 3.77. The van der Waals surface area contributed by atoms with E-state index in [0.717, 1.165) is 5.16 Å². The highest BCUT2D eigenvalue weighted by atomic mass is 32.2. The van der Waals surface area contributed by atoms with E-state index in [9.17, 15) is 0 Å². The van der Waals surface area contributed by atoms with Gasteiger partial charge >= 0.3 is 0 Å². The summed E-state index contributed by atoms with van der Waals surface area (Å²) in [5.74, 6) is 0. The first-order valence-corrected chi connectivity index (χ1v) is 5.57. The van der Waals surface area contributed by atoms with E-state index >= 15 is 0 Å². The lowest BCUT2D eigenvalue weighted by Gasteiger charge is -2.32. The van der Waals surface area contributed by atoms with E-state index in [4.69, 9.17) is 5.73 Å². The van der Waals surface area contributed by atoms with Gasteiger partial charge in [-0.15, -0.1) is 0 Å². The fourth-order valence-electron chi connectivity index (χ4n) is 1.44. The highest BCUT2D eigenvalue weighted by Crippen LogP contribution is 2.34. The Hall–Kier alpha value is -0.550. The van der Waals surface area contributed by atoms with Crippen LogP contribution in [-0.4, -0.2) is 26.5 Å². The molecular formula is C9H18N4S. The molecule has 4 nitrogen and oxygen atoms in total. The van der Waals surface area contributed by atoms with Gasteiger partial charge < -0.3 is 5.73 Å². The molecule has 0 saturated heterocycles. The molecule has 3 N–H and O–H groups in total. The van der Waals surface area contributed by atoms with Gasteiger partial charge in [-0.25, -0.2) is 4.98 Å². The lowest BCUT2D eigenvalue weighted by molar-refractivity contribution is 0.363. The van der Waals surface area contributed by atoms with Gasteiger partial charge in [-0.2, -0.15) is 5.10 Å². The summed E-state index contributed by atoms with van der Waals surface area (Å²) in [6.45, 7) is 8.58. The fraction of sp³-hybridized carbons (Fsp3) is 0.778. The maximum absolute atomic E-state index is 5.96. The van der Waals surface area contributed by atoms with Crippen molar-refractivity contribution in [2.75, 3.05) is 0 Å². The Kier molecular flexibility index (Phi) is 3.55. The predicted octanol–water partition coefficient (Wildman–Crippen LogP) is 1.66. The van der Waals surface area contributed by atoms with Crippen molar-refractivity contribution in [3.63, 3.8) is 0 Å². The van der Waals surface area contributed by atoms with Crippen molar-refractivity contribution in [3.8, 4) is 0 Å². The molecule has 0 saturated carbocycles. The van der Waals surface area contributed by atoms with Gasteiger partial charge in [-0.05, 0) is 12.3 Å². The lowest BCUT2D eigenvalue weighted by atomic mass is 9.88. The van der Waals surface area contributed by atoms with Gasteiger partial charge in [-0.1, -0.05) is 32.5 Å². The van der Waals surface area contributed by atoms with Gasteiger partial charge in [0.2, 0.25) is 0 Å². The van der Waals surface area contributed by atoms with Gasteiger partial charge in [0, 0.05) is 11.3 Å². The van der Waals surface area contributed by atoms with Crippen LogP contribution in [0.2, 0.25) is 0 Å². The van der Waals surface area contributed by atoms with Crippen molar-refractivity contribution >= 4 is 11.8 Å². The Morgan fingerprint density at radius 3 is 2.50 bits per heavy atom. The minimum atomic E-state index is 0.130. The van der Waals surface area contributed by atoms with Crippen LogP contribution in [-0.2, 0) is 0 Å². The van der Waals surface area contributed by atoms with E-state index in [0.29, 0.717) is 5.25 Å². The normalized spacial score (nSPS) is 16.6. The molecule has 0 radical (unpaired) electrons. The number of nitrogens with one attached hydrogen (secondary N) is 1. The van der Waals surface area contributed by atoms with Crippen LogP contribution >= 0.6 is 11.8 Å². The second-order valence-corrected chi connectivity index (χ2v) is 5.68. The quantitative estimate of drug-likeness (QED) is 0.751. The van der Waals surface area contributed by atoms with Crippen molar-refractivity contribution in [2.24, 2.45) is 11.1 Å². The van der Waals surface area contributed by atoms with Crippen LogP contribution in [0.15, 0.2) is 11.5 Å². The minimum absolute atomic E-state index is 0.130. The number of nitrogens with two attached hydrogens (primary N) is 1. The third-order valence-electron chi connectivity index (χ3n) is 1.96. The summed E-state index contributed by atoms with van der Waals surface area (Å²) >= 11 is 1.66. The van der Waals surface area contributed by atoms with Crippen molar-refractivity contribution in [2.45, 2.75) is 44.1 Å². The molecule has 0 fully saturated rings. The summed E-state index contributed by atoms with van der Waals surface area (Å²) in [6, 6.07) is 0.130. The van der Waals surface area contributed by atoms with E-state index in [-0.39, 0.29) is 11.5 Å². The van der Waals surface area contributed by atoms with E-state index < -0.39 is 0 Å². The van der Waals surface area contributed by atoms with Crippen LogP contribution in [0.5, 0.6) is 0 Å². The van der Waals surface area contributed by atoms with E-state index in [1.807, 2.05) is 6.92 Å². The molecule has 1 aromatic heterocycles. The Bertz CT molecular complexity index is 263. The van der Waals surface area contributed by atoms with E-state index in [2.05, 4.69) is 36.0 Å². The average molecular weight is 214 g/mol. The summed E-state index contributed by atoms with van der Waals surface area (Å²) in [6.07, 6.45) is 1.52. The fourth-order valence-corrected chi connectivity index (χ4v) is 2.47. The van der Waals surface area contributed by atoms with Crippen molar-refractivity contribution in [1.29, 1.82) is 0 Å². The molecule has 1 rings (SSSR count). The maximum Gasteiger partial charge on any atom is 0.183 e. The maximum atomic E-state index is 5.96. The first-order valence-electron chi connectivity index (χ1n) is 4.69. The van der Waals surface area contributed by atoms with Crippen molar-refractivity contribution < 1.29 is 0 Å². The largest absolute Gasteiger partial charge is 0.327 e. The zero-order chi connectivity index (χ0) is 10.8. The molecule has 0 amide bonds. The second-order valence-electron chi connectivity index (χ2n) is 4.55. The van der Waals surface area contributed by atoms with E-state index in [1.54, 1.807) is 11.8 Å². The zero-order valence-electron chi connectivity index (χ0n) is 9.11. The average Bonchev–Trinajstić information content (AvgIpc) is 2.48. The van der Waals surface area contributed by atoms with Crippen LogP contribution in [0.4, 0.5) is 0 Å². The van der Waals surface area contributed by atoms with Gasteiger partial charge in [-0.3, -0.25) is 5.10 Å². The van der Waals surface area contributed by atoms with Crippen LogP contribution in [0.25, 0.3) is 0 Å². The molecule has 2 unspecified atom stereocenters. The molecule has 0 bridgehead atoms. The second kappa shape index (κ2) is 4.31.